The van der Waals surface area contributed by atoms with E-state index in [-0.39, 0.29) is 0 Å². The van der Waals surface area contributed by atoms with Crippen molar-refractivity contribution in [1.29, 1.82) is 0 Å². The molecule has 1 saturated heterocycles. The number of hydrogen-bond acceptors (Lipinski definition) is 8. The number of halogens is 1. The van der Waals surface area contributed by atoms with Crippen LogP contribution < -0.4 is 10.2 Å². The van der Waals surface area contributed by atoms with Crippen LogP contribution in [0.5, 0.6) is 0 Å². The quantitative estimate of drug-likeness (QED) is 0.481. The van der Waals surface area contributed by atoms with E-state index in [2.05, 4.69) is 25.3 Å². The van der Waals surface area contributed by atoms with Gasteiger partial charge in [0.25, 0.3) is 0 Å². The van der Waals surface area contributed by atoms with Gasteiger partial charge in [-0.1, -0.05) is 23.7 Å². The van der Waals surface area contributed by atoms with E-state index in [0.29, 0.717) is 41.2 Å². The maximum Gasteiger partial charge on any atom is 0.229 e. The molecule has 0 saturated carbocycles. The van der Waals surface area contributed by atoms with Gasteiger partial charge in [0.1, 0.15) is 6.33 Å². The number of hydrogen-bond donors (Lipinski definition) is 1. The van der Waals surface area contributed by atoms with Gasteiger partial charge in [-0.2, -0.15) is 15.1 Å². The van der Waals surface area contributed by atoms with Crippen LogP contribution in [0.4, 0.5) is 17.5 Å². The highest BCUT2D eigenvalue weighted by atomic mass is 35.5. The first kappa shape index (κ1) is 19.4. The minimum atomic E-state index is 0.607. The Morgan fingerprint density at radius 1 is 1.03 bits per heavy atom. The number of benzene rings is 1. The van der Waals surface area contributed by atoms with E-state index in [1.165, 1.54) is 0 Å². The molecular weight excluding hydrogens is 416 g/mol. The van der Waals surface area contributed by atoms with Crippen LogP contribution in [0.25, 0.3) is 11.2 Å². The minimum absolute atomic E-state index is 0.607. The lowest BCUT2D eigenvalue weighted by molar-refractivity contribution is 0.122. The maximum absolute atomic E-state index is 5.96. The zero-order valence-corrected chi connectivity index (χ0v) is 17.3. The number of aromatic nitrogens is 5. The Kier molecular flexibility index (Phi) is 5.42. The van der Waals surface area contributed by atoms with Crippen molar-refractivity contribution >= 4 is 46.4 Å². The molecule has 1 N–H and O–H groups in total. The Balaban J connectivity index is 1.55. The van der Waals surface area contributed by atoms with Crippen LogP contribution in [0, 0.1) is 0 Å². The van der Waals surface area contributed by atoms with Gasteiger partial charge < -0.3 is 15.0 Å². The predicted molar refractivity (Wildman–Crippen MR) is 120 cm³/mol. The highest BCUT2D eigenvalue weighted by molar-refractivity contribution is 6.30. The summed E-state index contributed by atoms with van der Waals surface area (Å²) in [7, 11) is 0. The number of fused-ring (bicyclic) bond motifs is 1. The molecule has 0 spiro atoms. The molecule has 1 aliphatic rings. The molecule has 4 heterocycles. The molecule has 156 valence electrons. The fourth-order valence-electron chi connectivity index (χ4n) is 3.20. The number of nitrogens with one attached hydrogen (secondary N) is 1. The van der Waals surface area contributed by atoms with E-state index in [4.69, 9.17) is 26.3 Å². The molecule has 1 aromatic carbocycles. The molecule has 4 aromatic rings. The highest BCUT2D eigenvalue weighted by Gasteiger charge is 2.19. The van der Waals surface area contributed by atoms with Gasteiger partial charge in [0.2, 0.25) is 5.95 Å². The molecule has 5 rings (SSSR count). The number of pyridine rings is 1. The normalized spacial score (nSPS) is 14.4. The lowest BCUT2D eigenvalue weighted by atomic mass is 10.2. The van der Waals surface area contributed by atoms with Crippen LogP contribution in [-0.4, -0.2) is 57.1 Å². The molecule has 3 aromatic heterocycles. The molecule has 0 atom stereocenters. The first-order valence-corrected chi connectivity index (χ1v) is 10.2. The number of anilines is 3. The summed E-state index contributed by atoms with van der Waals surface area (Å²) in [4.78, 5) is 20.2. The molecular formula is C21H19ClN8O. The Morgan fingerprint density at radius 2 is 1.81 bits per heavy atom. The van der Waals surface area contributed by atoms with Crippen LogP contribution in [0.3, 0.4) is 0 Å². The van der Waals surface area contributed by atoms with Gasteiger partial charge in [-0.3, -0.25) is 4.98 Å². The second kappa shape index (κ2) is 8.66. The van der Waals surface area contributed by atoms with Gasteiger partial charge >= 0.3 is 0 Å². The van der Waals surface area contributed by atoms with E-state index in [0.717, 1.165) is 24.3 Å². The van der Waals surface area contributed by atoms with E-state index in [9.17, 15) is 0 Å². The standard InChI is InChI=1S/C21H19ClN8O/c22-16-3-1-15(2-4-16)13-25-30-14-24-18-19(26-17-5-7-23-8-6-17)27-21(28-20(18)30)29-9-11-31-12-10-29/h1-8,13-14H,9-12H2,(H,23,26,27,28). The summed E-state index contributed by atoms with van der Waals surface area (Å²) in [5, 5.41) is 8.55. The van der Waals surface area contributed by atoms with Crippen molar-refractivity contribution in [2.75, 3.05) is 36.5 Å². The molecule has 0 amide bonds. The lowest BCUT2D eigenvalue weighted by Gasteiger charge is -2.27. The fourth-order valence-corrected chi connectivity index (χ4v) is 3.33. The predicted octanol–water partition coefficient (Wildman–Crippen LogP) is 3.34. The van der Waals surface area contributed by atoms with Crippen LogP contribution >= 0.6 is 11.6 Å². The number of imidazole rings is 1. The molecule has 31 heavy (non-hydrogen) atoms. The van der Waals surface area contributed by atoms with Gasteiger partial charge in [0, 0.05) is 36.2 Å². The number of nitrogens with zero attached hydrogens (tertiary/aromatic N) is 7. The van der Waals surface area contributed by atoms with Crippen molar-refractivity contribution in [3.05, 3.63) is 65.7 Å². The van der Waals surface area contributed by atoms with Crippen LogP contribution in [0.15, 0.2) is 60.2 Å². The first-order chi connectivity index (χ1) is 15.3. The SMILES string of the molecule is Clc1ccc(C=Nn2cnc3c(Nc4ccncc4)nc(N4CCOCC4)nc32)cc1. The number of morpholine rings is 1. The third-order valence-corrected chi connectivity index (χ3v) is 5.06. The summed E-state index contributed by atoms with van der Waals surface area (Å²) in [5.41, 5.74) is 3.02. The molecule has 0 unspecified atom stereocenters. The van der Waals surface area contributed by atoms with E-state index in [1.807, 2.05) is 36.4 Å². The van der Waals surface area contributed by atoms with Crippen molar-refractivity contribution in [2.24, 2.45) is 5.10 Å². The molecule has 10 heteroatoms. The number of ether oxygens (including phenoxy) is 1. The molecule has 9 nitrogen and oxygen atoms in total. The van der Waals surface area contributed by atoms with Crippen molar-refractivity contribution < 1.29 is 4.74 Å². The number of rotatable bonds is 5. The first-order valence-electron chi connectivity index (χ1n) is 9.81. The molecule has 0 radical (unpaired) electrons. The van der Waals surface area contributed by atoms with Crippen LogP contribution in [0.2, 0.25) is 5.02 Å². The monoisotopic (exact) mass is 434 g/mol. The van der Waals surface area contributed by atoms with E-state index >= 15 is 0 Å². The van der Waals surface area contributed by atoms with E-state index in [1.54, 1.807) is 29.6 Å². The Hall–Kier alpha value is -3.56. The van der Waals surface area contributed by atoms with Crippen LogP contribution in [0.1, 0.15) is 5.56 Å². The summed E-state index contributed by atoms with van der Waals surface area (Å²) >= 11 is 5.96. The molecule has 1 fully saturated rings. The smallest absolute Gasteiger partial charge is 0.229 e. The highest BCUT2D eigenvalue weighted by Crippen LogP contribution is 2.26. The van der Waals surface area contributed by atoms with Gasteiger partial charge in [0.05, 0.1) is 19.4 Å². The lowest BCUT2D eigenvalue weighted by Crippen LogP contribution is -2.37. The Bertz CT molecular complexity index is 1200. The van der Waals surface area contributed by atoms with Crippen LogP contribution in [-0.2, 0) is 4.74 Å². The zero-order valence-electron chi connectivity index (χ0n) is 16.5. The maximum atomic E-state index is 5.96. The second-order valence-corrected chi connectivity index (χ2v) is 7.33. The molecule has 0 bridgehead atoms. The summed E-state index contributed by atoms with van der Waals surface area (Å²) in [6, 6.07) is 11.2. The van der Waals surface area contributed by atoms with Gasteiger partial charge in [0.15, 0.2) is 17.0 Å². The Morgan fingerprint density at radius 3 is 2.58 bits per heavy atom. The third kappa shape index (κ3) is 4.32. The summed E-state index contributed by atoms with van der Waals surface area (Å²) < 4.78 is 7.12. The molecule has 1 aliphatic heterocycles. The summed E-state index contributed by atoms with van der Waals surface area (Å²) in [5.74, 6) is 1.22. The van der Waals surface area contributed by atoms with Crippen molar-refractivity contribution in [2.45, 2.75) is 0 Å². The van der Waals surface area contributed by atoms with E-state index < -0.39 is 0 Å². The fraction of sp³-hybridized carbons (Fsp3) is 0.190. The average Bonchev–Trinajstić information content (AvgIpc) is 3.23. The Labute approximate surface area is 183 Å². The second-order valence-electron chi connectivity index (χ2n) is 6.89. The average molecular weight is 435 g/mol. The van der Waals surface area contributed by atoms with Gasteiger partial charge in [-0.05, 0) is 29.8 Å². The largest absolute Gasteiger partial charge is 0.378 e. The van der Waals surface area contributed by atoms with Gasteiger partial charge in [-0.15, -0.1) is 0 Å². The zero-order chi connectivity index (χ0) is 21.0. The van der Waals surface area contributed by atoms with Crippen molar-refractivity contribution in [3.8, 4) is 0 Å². The minimum Gasteiger partial charge on any atom is -0.378 e. The van der Waals surface area contributed by atoms with Crippen molar-refractivity contribution in [1.82, 2.24) is 24.6 Å². The molecule has 0 aliphatic carbocycles. The summed E-state index contributed by atoms with van der Waals surface area (Å²) in [6.07, 6.45) is 6.81. The van der Waals surface area contributed by atoms with Crippen molar-refractivity contribution in [3.63, 3.8) is 0 Å². The topological polar surface area (TPSA) is 93.4 Å². The van der Waals surface area contributed by atoms with Gasteiger partial charge in [-0.25, -0.2) is 9.66 Å². The summed E-state index contributed by atoms with van der Waals surface area (Å²) in [6.45, 7) is 2.73. The third-order valence-electron chi connectivity index (χ3n) is 4.81.